The lowest BCUT2D eigenvalue weighted by Crippen LogP contribution is -2.69. The molecule has 0 spiro atoms. The van der Waals surface area contributed by atoms with Gasteiger partial charge in [-0.25, -0.2) is 4.79 Å². The maximum absolute atomic E-state index is 13.3. The summed E-state index contributed by atoms with van der Waals surface area (Å²) in [5.41, 5.74) is 27.8. The predicted octanol–water partition coefficient (Wildman–Crippen LogP) is -1.46. The van der Waals surface area contributed by atoms with Gasteiger partial charge < -0.3 is 122 Å². The van der Waals surface area contributed by atoms with Crippen molar-refractivity contribution < 1.29 is 87.7 Å². The first-order valence-electron chi connectivity index (χ1n) is 29.2. The first-order chi connectivity index (χ1) is 40.5. The number of nitrogens with one attached hydrogen (secondary N) is 2. The van der Waals surface area contributed by atoms with Gasteiger partial charge in [0.05, 0.1) is 56.6 Å². The number of aliphatic hydroxyl groups is 6. The zero-order valence-electron chi connectivity index (χ0n) is 50.5. The highest BCUT2D eigenvalue weighted by Crippen LogP contribution is 2.37. The van der Waals surface area contributed by atoms with Crippen molar-refractivity contribution in [2.45, 2.75) is 200 Å². The van der Waals surface area contributed by atoms with Crippen LogP contribution in [0.2, 0.25) is 0 Å². The number of alkyl carbamates (subject to hydrolysis) is 1. The van der Waals surface area contributed by atoms with E-state index < -0.39 is 151 Å². The third-order valence-electron chi connectivity index (χ3n) is 16.3. The molecule has 2 aromatic rings. The fourth-order valence-electron chi connectivity index (χ4n) is 12.0. The van der Waals surface area contributed by atoms with Crippen molar-refractivity contribution in [3.05, 3.63) is 95.5 Å². The highest BCUT2D eigenvalue weighted by atomic mass is 16.7. The van der Waals surface area contributed by atoms with E-state index in [2.05, 4.69) is 10.6 Å². The average Bonchev–Trinajstić information content (AvgIpc) is 1.57. The van der Waals surface area contributed by atoms with Gasteiger partial charge >= 0.3 is 6.09 Å². The molecular formula is C59H93N9O18. The molecule has 0 unspecified atom stereocenters. The molecule has 0 bridgehead atoms. The van der Waals surface area contributed by atoms with E-state index in [9.17, 15) is 45.0 Å². The summed E-state index contributed by atoms with van der Waals surface area (Å²) in [7, 11) is 4.76. The Morgan fingerprint density at radius 3 is 1.52 bits per heavy atom. The van der Waals surface area contributed by atoms with Crippen molar-refractivity contribution in [3.63, 3.8) is 0 Å². The summed E-state index contributed by atoms with van der Waals surface area (Å²) in [6.07, 6.45) is -9.50. The van der Waals surface area contributed by atoms with E-state index in [1.165, 1.54) is 37.7 Å². The Kier molecular flexibility index (Phi) is 23.2. The molecule has 27 heteroatoms. The van der Waals surface area contributed by atoms with Crippen LogP contribution in [0.3, 0.4) is 0 Å². The molecule has 18 N–H and O–H groups in total. The largest absolute Gasteiger partial charge is 0.467 e. The lowest BCUT2D eigenvalue weighted by molar-refractivity contribution is -0.311. The molecule has 4 heterocycles. The van der Waals surface area contributed by atoms with Crippen molar-refractivity contribution in [1.82, 2.24) is 20.4 Å². The molecule has 4 fully saturated rings. The van der Waals surface area contributed by atoms with E-state index in [1.807, 2.05) is 13.0 Å². The number of hydrogen-bond donors (Lipinski definition) is 13. The van der Waals surface area contributed by atoms with Crippen molar-refractivity contribution in [3.8, 4) is 0 Å². The van der Waals surface area contributed by atoms with E-state index in [1.54, 1.807) is 94.6 Å². The molecule has 3 amide bonds. The standard InChI is InChI=1S/C33H52N4O10.C26H41N5O8/c1-18-15-21(34)26(46-30-24(39)27(33(5,42)17-43-30)37(7)28(40)19-11-9-8-10-12-19)23(38)25(18)45-29-22(14-13-20(44-29)16-35-6)36-31(41)47-32(2,3)4;1-26(35)12-36-25(19(33)22(26)31(2)23(34)13-6-4-3-5-7-13)39-21-17(30)10-16(29)20(18(21)32)38-24-15(28)9-8-14(11-27)37-24/h8-13,18,21-27,29-30,35,38-39,42H,14-17,34H2,1-7H3,(H,36,41);3-8,15-22,24-25,32-33,35H,9-12,27-30H2,1-2H3/t18-,21+,22+,23-,24+,25+,26-,27+,29+,30+,33-;15-,16+,17-,18+,19-,20-,21+,22-,24-,25-,26+/m01/s1. The molecule has 0 radical (unpaired) electrons. The first kappa shape index (κ1) is 68.5. The van der Waals surface area contributed by atoms with Gasteiger partial charge in [-0.15, -0.1) is 0 Å². The monoisotopic (exact) mass is 1220 g/mol. The molecule has 8 rings (SSSR count). The number of carbonyl (C=O) groups is 3. The number of benzene rings is 2. The second-order valence-corrected chi connectivity index (χ2v) is 24.8. The predicted molar refractivity (Wildman–Crippen MR) is 310 cm³/mol. The minimum atomic E-state index is -1.61. The van der Waals surface area contributed by atoms with Gasteiger partial charge in [-0.3, -0.25) is 9.59 Å². The van der Waals surface area contributed by atoms with E-state index >= 15 is 0 Å². The highest BCUT2D eigenvalue weighted by Gasteiger charge is 2.55. The summed E-state index contributed by atoms with van der Waals surface area (Å²) in [6.45, 7) is 10.2. The molecule has 6 aliphatic rings. The van der Waals surface area contributed by atoms with Crippen LogP contribution in [0.1, 0.15) is 87.9 Å². The quantitative estimate of drug-likeness (QED) is 0.0913. The normalized spacial score (nSPS) is 38.3. The van der Waals surface area contributed by atoms with Gasteiger partial charge in [-0.1, -0.05) is 43.3 Å². The number of nitrogens with zero attached hydrogens (tertiary/aromatic N) is 2. The number of carbonyl (C=O) groups excluding carboxylic acids is 3. The first-order valence-corrected chi connectivity index (χ1v) is 29.2. The zero-order chi connectivity index (χ0) is 63.2. The zero-order valence-corrected chi connectivity index (χ0v) is 50.5. The van der Waals surface area contributed by atoms with Crippen LogP contribution in [-0.4, -0.2) is 239 Å². The van der Waals surface area contributed by atoms with Gasteiger partial charge in [0, 0.05) is 43.3 Å². The molecular weight excluding hydrogens is 1120 g/mol. The Bertz CT molecular complexity index is 2600. The van der Waals surface area contributed by atoms with E-state index in [0.29, 0.717) is 48.5 Å². The van der Waals surface area contributed by atoms with Gasteiger partial charge in [-0.05, 0) is 110 Å². The Balaban J connectivity index is 0.000000250. The summed E-state index contributed by atoms with van der Waals surface area (Å²) in [5, 5.41) is 73.7. The van der Waals surface area contributed by atoms with Crippen LogP contribution in [-0.2, 0) is 42.6 Å². The van der Waals surface area contributed by atoms with Crippen molar-refractivity contribution in [1.29, 1.82) is 0 Å². The minimum Gasteiger partial charge on any atom is -0.467 e. The molecule has 2 aliphatic carbocycles. The summed E-state index contributed by atoms with van der Waals surface area (Å²) < 4.78 is 53.3. The summed E-state index contributed by atoms with van der Waals surface area (Å²) in [4.78, 5) is 41.6. The van der Waals surface area contributed by atoms with Crippen LogP contribution in [0.25, 0.3) is 0 Å². The maximum atomic E-state index is 13.3. The van der Waals surface area contributed by atoms with Crippen LogP contribution in [0.5, 0.6) is 0 Å². The average molecular weight is 1220 g/mol. The topological polar surface area (TPSA) is 416 Å². The SMILES string of the molecule is CN(C(=O)c1ccccc1)[C@@H]1[C@@H](O)[C@@H](O[C@@H]2[C@@H](O)[C@H](O[C@H]3OC(CN)=CC[C@H]3N)[C@@H](N)C[C@H]2N)OC[C@]1(C)O.CNCC1=CC[C@@H](NC(=O)OC(C)(C)C)[C@@H](O[C@H]2[C@H](O)[C@@H](O[C@H]3OC[C@](C)(O)[C@H](N(C)C(=O)c4ccccc4)[C@H]3O)[C@H](N)C[C@@H]2C)O1. The molecule has 22 atom stereocenters. The van der Waals surface area contributed by atoms with Gasteiger partial charge in [0.15, 0.2) is 12.6 Å². The Hall–Kier alpha value is -4.99. The molecule has 482 valence electrons. The lowest BCUT2D eigenvalue weighted by atomic mass is 9.80. The van der Waals surface area contributed by atoms with Crippen molar-refractivity contribution >= 4 is 17.9 Å². The molecule has 86 heavy (non-hydrogen) atoms. The minimum absolute atomic E-state index is 0.172. The second kappa shape index (κ2) is 29.1. The van der Waals surface area contributed by atoms with E-state index in [-0.39, 0.29) is 32.1 Å². The second-order valence-electron chi connectivity index (χ2n) is 24.8. The smallest absolute Gasteiger partial charge is 0.408 e. The number of amides is 3. The molecule has 0 aromatic heterocycles. The molecule has 4 aliphatic heterocycles. The van der Waals surface area contributed by atoms with Gasteiger partial charge in [-0.2, -0.15) is 0 Å². The number of rotatable bonds is 16. The molecule has 2 aromatic carbocycles. The summed E-state index contributed by atoms with van der Waals surface area (Å²) in [5.74, 6) is 0.0963. The number of nitrogens with two attached hydrogens (primary N) is 5. The molecule has 2 saturated heterocycles. The summed E-state index contributed by atoms with van der Waals surface area (Å²) in [6, 6.07) is 11.7. The Labute approximate surface area is 502 Å². The summed E-state index contributed by atoms with van der Waals surface area (Å²) >= 11 is 0. The number of aliphatic hydroxyl groups excluding tert-OH is 4. The van der Waals surface area contributed by atoms with Gasteiger partial charge in [0.1, 0.15) is 71.0 Å². The maximum Gasteiger partial charge on any atom is 0.408 e. The molecule has 27 nitrogen and oxygen atoms in total. The van der Waals surface area contributed by atoms with Crippen LogP contribution >= 0.6 is 0 Å². The van der Waals surface area contributed by atoms with Crippen LogP contribution < -0.4 is 39.3 Å². The van der Waals surface area contributed by atoms with E-state index in [0.717, 1.165) is 0 Å². The number of hydrogen-bond acceptors (Lipinski definition) is 24. The number of likely N-dealkylation sites (N-methyl/N-ethyl adjacent to an activating group) is 3. The van der Waals surface area contributed by atoms with Crippen molar-refractivity contribution in [2.24, 2.45) is 34.6 Å². The van der Waals surface area contributed by atoms with Crippen molar-refractivity contribution in [2.75, 3.05) is 47.4 Å². The lowest BCUT2D eigenvalue weighted by Gasteiger charge is -2.50. The fourth-order valence-corrected chi connectivity index (χ4v) is 12.0. The highest BCUT2D eigenvalue weighted by molar-refractivity contribution is 5.95. The van der Waals surface area contributed by atoms with Crippen LogP contribution in [0.15, 0.2) is 84.3 Å². The molecule has 2 saturated carbocycles. The van der Waals surface area contributed by atoms with Crippen LogP contribution in [0, 0.1) is 5.92 Å². The Morgan fingerprint density at radius 2 is 1.06 bits per heavy atom. The number of ether oxygens (including phenoxy) is 9. The van der Waals surface area contributed by atoms with Gasteiger partial charge in [0.25, 0.3) is 11.8 Å². The third-order valence-corrected chi connectivity index (χ3v) is 16.3. The van der Waals surface area contributed by atoms with Crippen LogP contribution in [0.4, 0.5) is 4.79 Å². The third kappa shape index (κ3) is 16.4. The Morgan fingerprint density at radius 1 is 0.628 bits per heavy atom. The van der Waals surface area contributed by atoms with Gasteiger partial charge in [0.2, 0.25) is 12.6 Å². The van der Waals surface area contributed by atoms with E-state index in [4.69, 9.17) is 71.3 Å². The fraction of sp³-hybridized carbons (Fsp3) is 0.678.